The molecule has 1 nitrogen and oxygen atoms in total. The number of hydrogen-bond acceptors (Lipinski definition) is 2. The highest BCUT2D eigenvalue weighted by Gasteiger charge is 2.20. The molecule has 1 aliphatic heterocycles. The maximum atomic E-state index is 2.27. The van der Waals surface area contributed by atoms with Gasteiger partial charge in [-0.05, 0) is 35.9 Å². The van der Waals surface area contributed by atoms with Crippen LogP contribution in [-0.2, 0) is 0 Å². The first kappa shape index (κ1) is 13.2. The zero-order chi connectivity index (χ0) is 14.8. The molecular weight excluding hydrogens is 286 g/mol. The number of nitrogens with zero attached hydrogens (tertiary/aromatic N) is 1. The largest absolute Gasteiger partial charge is 0.315 e. The van der Waals surface area contributed by atoms with Crippen LogP contribution in [0.1, 0.15) is 5.56 Å². The summed E-state index contributed by atoms with van der Waals surface area (Å²) in [5.74, 6) is 0. The summed E-state index contributed by atoms with van der Waals surface area (Å²) < 4.78 is 0. The molecule has 0 saturated heterocycles. The molecule has 22 heavy (non-hydrogen) atoms. The fourth-order valence-electron chi connectivity index (χ4n) is 2.62. The molecule has 0 aliphatic carbocycles. The van der Waals surface area contributed by atoms with Crippen molar-refractivity contribution in [2.75, 3.05) is 4.90 Å². The molecule has 0 atom stereocenters. The van der Waals surface area contributed by atoms with Crippen LogP contribution < -0.4 is 4.90 Å². The normalized spacial score (nSPS) is 13.0. The summed E-state index contributed by atoms with van der Waals surface area (Å²) in [6.45, 7) is 0. The molecule has 0 fully saturated rings. The van der Waals surface area contributed by atoms with E-state index in [1.807, 2.05) is 17.8 Å². The molecule has 3 aromatic carbocycles. The van der Waals surface area contributed by atoms with Gasteiger partial charge in [-0.15, -0.1) is 0 Å². The number of anilines is 2. The number of rotatable bonds is 2. The molecule has 0 saturated carbocycles. The van der Waals surface area contributed by atoms with Crippen molar-refractivity contribution < 1.29 is 0 Å². The van der Waals surface area contributed by atoms with Gasteiger partial charge in [-0.25, -0.2) is 0 Å². The molecule has 2 heteroatoms. The average Bonchev–Trinajstić information content (AvgIpc) is 2.59. The molecule has 0 unspecified atom stereocenters. The molecule has 3 aromatic rings. The maximum absolute atomic E-state index is 2.27. The second-order valence-corrected chi connectivity index (χ2v) is 6.22. The van der Waals surface area contributed by atoms with Crippen LogP contribution in [0, 0.1) is 0 Å². The second kappa shape index (κ2) is 5.74. The Balaban J connectivity index is 1.79. The van der Waals surface area contributed by atoms with Crippen LogP contribution in [0.4, 0.5) is 11.4 Å². The first-order valence-electron chi connectivity index (χ1n) is 7.30. The van der Waals surface area contributed by atoms with Gasteiger partial charge in [-0.2, -0.15) is 0 Å². The summed E-state index contributed by atoms with van der Waals surface area (Å²) in [7, 11) is 0. The lowest BCUT2D eigenvalue weighted by Crippen LogP contribution is -2.13. The third-order valence-electron chi connectivity index (χ3n) is 3.69. The van der Waals surface area contributed by atoms with Crippen LogP contribution in [-0.4, -0.2) is 0 Å². The summed E-state index contributed by atoms with van der Waals surface area (Å²) in [4.78, 5) is 4.85. The first-order chi connectivity index (χ1) is 10.9. The average molecular weight is 301 g/mol. The molecule has 0 radical (unpaired) electrons. The molecule has 0 bridgehead atoms. The minimum absolute atomic E-state index is 1.20. The Hall–Kier alpha value is -2.45. The lowest BCUT2D eigenvalue weighted by Gasteiger charge is -2.29. The molecule has 0 spiro atoms. The van der Waals surface area contributed by atoms with E-state index in [0.29, 0.717) is 0 Å². The molecule has 106 valence electrons. The van der Waals surface area contributed by atoms with Crippen LogP contribution in [0.15, 0.2) is 94.9 Å². The van der Waals surface area contributed by atoms with Gasteiger partial charge in [0.05, 0.1) is 11.4 Å². The van der Waals surface area contributed by atoms with E-state index in [2.05, 4.69) is 90.0 Å². The van der Waals surface area contributed by atoms with E-state index in [0.717, 1.165) is 0 Å². The van der Waals surface area contributed by atoms with Crippen molar-refractivity contribution in [1.82, 2.24) is 0 Å². The van der Waals surface area contributed by atoms with E-state index in [-0.39, 0.29) is 0 Å². The fourth-order valence-corrected chi connectivity index (χ4v) is 3.69. The number of fused-ring (bicyclic) bond motifs is 2. The number of hydrogen-bond donors (Lipinski definition) is 0. The van der Waals surface area contributed by atoms with Gasteiger partial charge in [0.2, 0.25) is 0 Å². The molecule has 4 rings (SSSR count). The summed E-state index contributed by atoms with van der Waals surface area (Å²) in [6.07, 6.45) is 4.32. The van der Waals surface area contributed by atoms with Gasteiger partial charge in [0.25, 0.3) is 0 Å². The van der Waals surface area contributed by atoms with Crippen molar-refractivity contribution >= 4 is 29.2 Å². The Morgan fingerprint density at radius 3 is 1.82 bits per heavy atom. The highest BCUT2D eigenvalue weighted by Crippen LogP contribution is 2.48. The number of benzene rings is 3. The van der Waals surface area contributed by atoms with Crippen molar-refractivity contribution in [2.45, 2.75) is 9.79 Å². The highest BCUT2D eigenvalue weighted by atomic mass is 32.2. The van der Waals surface area contributed by atoms with Gasteiger partial charge in [0.15, 0.2) is 0 Å². The van der Waals surface area contributed by atoms with Gasteiger partial charge >= 0.3 is 0 Å². The van der Waals surface area contributed by atoms with E-state index < -0.39 is 0 Å². The zero-order valence-electron chi connectivity index (χ0n) is 12.0. The van der Waals surface area contributed by atoms with E-state index in [4.69, 9.17) is 0 Å². The fraction of sp³-hybridized carbons (Fsp3) is 0. The minimum atomic E-state index is 1.20. The van der Waals surface area contributed by atoms with Crippen molar-refractivity contribution in [3.63, 3.8) is 0 Å². The van der Waals surface area contributed by atoms with Gasteiger partial charge in [0.1, 0.15) is 0 Å². The topological polar surface area (TPSA) is 3.24 Å². The lowest BCUT2D eigenvalue weighted by atomic mass is 10.2. The third kappa shape index (κ3) is 2.42. The maximum Gasteiger partial charge on any atom is 0.0595 e. The Labute approximate surface area is 134 Å². The van der Waals surface area contributed by atoms with Crippen molar-refractivity contribution in [3.8, 4) is 0 Å². The quantitative estimate of drug-likeness (QED) is 0.574. The summed E-state index contributed by atoms with van der Waals surface area (Å²) in [6, 6.07) is 27.5. The summed E-state index contributed by atoms with van der Waals surface area (Å²) in [5, 5.41) is 0. The molecule has 1 heterocycles. The first-order valence-corrected chi connectivity index (χ1v) is 8.12. The Morgan fingerprint density at radius 2 is 1.18 bits per heavy atom. The number of para-hydroxylation sites is 2. The second-order valence-electron chi connectivity index (χ2n) is 5.13. The van der Waals surface area contributed by atoms with Crippen LogP contribution in [0.2, 0.25) is 0 Å². The monoisotopic (exact) mass is 301 g/mol. The van der Waals surface area contributed by atoms with Crippen molar-refractivity contribution in [2.24, 2.45) is 0 Å². The zero-order valence-corrected chi connectivity index (χ0v) is 12.8. The predicted octanol–water partition coefficient (Wildman–Crippen LogP) is 5.96. The van der Waals surface area contributed by atoms with Gasteiger partial charge in [-0.1, -0.05) is 66.4 Å². The van der Waals surface area contributed by atoms with Crippen molar-refractivity contribution in [3.05, 3.63) is 90.6 Å². The third-order valence-corrected chi connectivity index (χ3v) is 4.82. The summed E-state index contributed by atoms with van der Waals surface area (Å²) in [5.41, 5.74) is 3.67. The van der Waals surface area contributed by atoms with Crippen LogP contribution in [0.25, 0.3) is 6.08 Å². The standard InChI is InChI=1S/C20H15NS/c1-2-8-16(9-3-1)14-15-21-17-10-4-6-12-19(17)22-20-13-7-5-11-18(20)21/h1-15H/b15-14-. The van der Waals surface area contributed by atoms with Crippen LogP contribution >= 0.6 is 11.8 Å². The van der Waals surface area contributed by atoms with Gasteiger partial charge < -0.3 is 4.90 Å². The predicted molar refractivity (Wildman–Crippen MR) is 94.6 cm³/mol. The van der Waals surface area contributed by atoms with Crippen molar-refractivity contribution in [1.29, 1.82) is 0 Å². The van der Waals surface area contributed by atoms with E-state index in [9.17, 15) is 0 Å². The smallest absolute Gasteiger partial charge is 0.0595 e. The van der Waals surface area contributed by atoms with E-state index in [1.165, 1.54) is 26.7 Å². The molecular formula is C20H15NS. The highest BCUT2D eigenvalue weighted by molar-refractivity contribution is 7.99. The minimum Gasteiger partial charge on any atom is -0.315 e. The molecule has 0 aromatic heterocycles. The van der Waals surface area contributed by atoms with E-state index >= 15 is 0 Å². The molecule has 0 N–H and O–H groups in total. The SMILES string of the molecule is C(=C/N1c2ccccc2Sc2ccccc21)/c1ccccc1. The Bertz CT molecular complexity index is 778. The summed E-state index contributed by atoms with van der Waals surface area (Å²) >= 11 is 1.83. The Morgan fingerprint density at radius 1 is 0.636 bits per heavy atom. The van der Waals surface area contributed by atoms with Gasteiger partial charge in [0, 0.05) is 16.0 Å². The van der Waals surface area contributed by atoms with Crippen LogP contribution in [0.3, 0.4) is 0 Å². The molecule has 0 amide bonds. The van der Waals surface area contributed by atoms with Gasteiger partial charge in [-0.3, -0.25) is 0 Å². The van der Waals surface area contributed by atoms with Crippen LogP contribution in [0.5, 0.6) is 0 Å². The Kier molecular flexibility index (Phi) is 3.45. The lowest BCUT2D eigenvalue weighted by molar-refractivity contribution is 1.17. The molecule has 1 aliphatic rings. The van der Waals surface area contributed by atoms with E-state index in [1.54, 1.807) is 0 Å².